The average molecular weight is 426 g/mol. The second-order valence-electron chi connectivity index (χ2n) is 7.42. The van der Waals surface area contributed by atoms with Crippen LogP contribution in [0.5, 0.6) is 11.5 Å². The molecule has 31 heavy (non-hydrogen) atoms. The van der Waals surface area contributed by atoms with Gasteiger partial charge in [0.1, 0.15) is 5.82 Å². The average Bonchev–Trinajstić information content (AvgIpc) is 2.82. The molecule has 7 heteroatoms. The van der Waals surface area contributed by atoms with Crippen molar-refractivity contribution in [1.82, 2.24) is 15.2 Å². The summed E-state index contributed by atoms with van der Waals surface area (Å²) in [7, 11) is 1.67. The van der Waals surface area contributed by atoms with E-state index in [2.05, 4.69) is 45.2 Å². The van der Waals surface area contributed by atoms with Gasteiger partial charge in [0, 0.05) is 45.5 Å². The van der Waals surface area contributed by atoms with Gasteiger partial charge in [-0.05, 0) is 56.5 Å². The van der Waals surface area contributed by atoms with Crippen molar-refractivity contribution in [3.05, 3.63) is 48.2 Å². The van der Waals surface area contributed by atoms with Crippen LogP contribution < -0.4 is 19.7 Å². The minimum absolute atomic E-state index is 0.629. The monoisotopic (exact) mass is 425 g/mol. The highest BCUT2D eigenvalue weighted by molar-refractivity contribution is 5.80. The molecule has 1 saturated heterocycles. The number of pyridine rings is 1. The first-order valence-corrected chi connectivity index (χ1v) is 11.2. The van der Waals surface area contributed by atoms with Crippen molar-refractivity contribution in [2.45, 2.75) is 26.7 Å². The number of hydrogen-bond donors (Lipinski definition) is 1. The molecule has 0 saturated carbocycles. The fraction of sp³-hybridized carbons (Fsp3) is 0.500. The lowest BCUT2D eigenvalue weighted by Gasteiger charge is -2.37. The number of benzene rings is 1. The summed E-state index contributed by atoms with van der Waals surface area (Å²) in [6.07, 6.45) is 3.80. The molecule has 0 atom stereocenters. The fourth-order valence-electron chi connectivity index (χ4n) is 3.73. The van der Waals surface area contributed by atoms with Gasteiger partial charge in [-0.15, -0.1) is 0 Å². The number of piperazine rings is 1. The van der Waals surface area contributed by atoms with Crippen molar-refractivity contribution < 1.29 is 9.47 Å². The molecule has 0 unspecified atom stereocenters. The van der Waals surface area contributed by atoms with Gasteiger partial charge in [0.05, 0.1) is 13.7 Å². The normalized spacial score (nSPS) is 14.5. The van der Waals surface area contributed by atoms with Gasteiger partial charge in [0.25, 0.3) is 0 Å². The van der Waals surface area contributed by atoms with E-state index in [1.165, 1.54) is 5.56 Å². The maximum atomic E-state index is 5.69. The lowest BCUT2D eigenvalue weighted by Crippen LogP contribution is -2.52. The maximum Gasteiger partial charge on any atom is 0.194 e. The summed E-state index contributed by atoms with van der Waals surface area (Å²) in [4.78, 5) is 14.0. The molecule has 1 aliphatic rings. The molecule has 0 bridgehead atoms. The molecule has 0 spiro atoms. The van der Waals surface area contributed by atoms with Gasteiger partial charge < -0.3 is 24.6 Å². The van der Waals surface area contributed by atoms with Crippen LogP contribution in [0.15, 0.2) is 47.6 Å². The minimum atomic E-state index is 0.629. The van der Waals surface area contributed by atoms with E-state index < -0.39 is 0 Å². The first-order chi connectivity index (χ1) is 15.2. The fourth-order valence-corrected chi connectivity index (χ4v) is 3.73. The zero-order valence-corrected chi connectivity index (χ0v) is 19.0. The summed E-state index contributed by atoms with van der Waals surface area (Å²) in [5.74, 6) is 3.65. The Morgan fingerprint density at radius 2 is 1.94 bits per heavy atom. The lowest BCUT2D eigenvalue weighted by molar-refractivity contribution is 0.310. The van der Waals surface area contributed by atoms with Crippen molar-refractivity contribution in [2.24, 2.45) is 4.99 Å². The SMILES string of the molecule is CCNC(=NCCCc1ccc(OC)c(OCC)c1)N1CCN(c2ccccn2)CC1. The third-order valence-corrected chi connectivity index (χ3v) is 5.30. The lowest BCUT2D eigenvalue weighted by atomic mass is 10.1. The van der Waals surface area contributed by atoms with E-state index in [-0.39, 0.29) is 0 Å². The van der Waals surface area contributed by atoms with Crippen LogP contribution in [0.1, 0.15) is 25.8 Å². The maximum absolute atomic E-state index is 5.69. The van der Waals surface area contributed by atoms with E-state index >= 15 is 0 Å². The van der Waals surface area contributed by atoms with Crippen molar-refractivity contribution >= 4 is 11.8 Å². The molecule has 1 aliphatic heterocycles. The number of ether oxygens (including phenoxy) is 2. The van der Waals surface area contributed by atoms with E-state index in [1.54, 1.807) is 7.11 Å². The number of aryl methyl sites for hydroxylation is 1. The number of rotatable bonds is 9. The molecular formula is C24H35N5O2. The van der Waals surface area contributed by atoms with Crippen LogP contribution in [0, 0.1) is 0 Å². The van der Waals surface area contributed by atoms with Gasteiger partial charge in [0.2, 0.25) is 0 Å². The Bertz CT molecular complexity index is 820. The number of anilines is 1. The second kappa shape index (κ2) is 12.0. The first kappa shape index (κ1) is 22.7. The van der Waals surface area contributed by atoms with E-state index in [9.17, 15) is 0 Å². The van der Waals surface area contributed by atoms with Crippen LogP contribution >= 0.6 is 0 Å². The molecular weight excluding hydrogens is 390 g/mol. The van der Waals surface area contributed by atoms with Crippen LogP contribution in [-0.4, -0.2) is 68.8 Å². The van der Waals surface area contributed by atoms with Crippen molar-refractivity contribution in [1.29, 1.82) is 0 Å². The molecule has 168 valence electrons. The van der Waals surface area contributed by atoms with E-state index in [0.29, 0.717) is 6.61 Å². The molecule has 3 rings (SSSR count). The molecule has 1 aromatic carbocycles. The zero-order chi connectivity index (χ0) is 21.9. The van der Waals surface area contributed by atoms with Gasteiger partial charge in [-0.25, -0.2) is 4.98 Å². The highest BCUT2D eigenvalue weighted by Gasteiger charge is 2.20. The Balaban J connectivity index is 1.51. The Morgan fingerprint density at radius 1 is 1.10 bits per heavy atom. The molecule has 0 radical (unpaired) electrons. The highest BCUT2D eigenvalue weighted by atomic mass is 16.5. The summed E-state index contributed by atoms with van der Waals surface area (Å²) in [5.41, 5.74) is 1.24. The molecule has 7 nitrogen and oxygen atoms in total. The molecule has 2 aromatic rings. The number of guanidine groups is 1. The number of aromatic nitrogens is 1. The standard InChI is InChI=1S/C24H35N5O2/c1-4-25-24(29-17-15-28(16-18-29)23-10-6-7-13-26-23)27-14-8-9-20-11-12-21(30-3)22(19-20)31-5-2/h6-7,10-13,19H,4-5,8-9,14-18H2,1-3H3,(H,25,27). The molecule has 0 aliphatic carbocycles. The number of hydrogen-bond acceptors (Lipinski definition) is 5. The predicted molar refractivity (Wildman–Crippen MR) is 126 cm³/mol. The zero-order valence-electron chi connectivity index (χ0n) is 19.0. The predicted octanol–water partition coefficient (Wildman–Crippen LogP) is 3.21. The van der Waals surface area contributed by atoms with E-state index in [1.807, 2.05) is 31.3 Å². The highest BCUT2D eigenvalue weighted by Crippen LogP contribution is 2.28. The van der Waals surface area contributed by atoms with E-state index in [4.69, 9.17) is 14.5 Å². The molecule has 1 N–H and O–H groups in total. The number of nitrogens with zero attached hydrogens (tertiary/aromatic N) is 4. The third kappa shape index (κ3) is 6.51. The van der Waals surface area contributed by atoms with Gasteiger partial charge in [-0.2, -0.15) is 0 Å². The van der Waals surface area contributed by atoms with Gasteiger partial charge in [-0.1, -0.05) is 12.1 Å². The summed E-state index contributed by atoms with van der Waals surface area (Å²) in [5, 5.41) is 3.45. The topological polar surface area (TPSA) is 62.2 Å². The van der Waals surface area contributed by atoms with Crippen LogP contribution in [-0.2, 0) is 6.42 Å². The smallest absolute Gasteiger partial charge is 0.194 e. The Kier molecular flexibility index (Phi) is 8.82. The van der Waals surface area contributed by atoms with Crippen molar-refractivity contribution in [3.8, 4) is 11.5 Å². The second-order valence-corrected chi connectivity index (χ2v) is 7.42. The van der Waals surface area contributed by atoms with Gasteiger partial charge in [-0.3, -0.25) is 4.99 Å². The molecule has 1 aromatic heterocycles. The summed E-state index contributed by atoms with van der Waals surface area (Å²) in [6, 6.07) is 12.2. The Labute approximate surface area is 186 Å². The minimum Gasteiger partial charge on any atom is -0.493 e. The van der Waals surface area contributed by atoms with Crippen LogP contribution in [0.25, 0.3) is 0 Å². The molecule has 0 amide bonds. The summed E-state index contributed by atoms with van der Waals surface area (Å²) < 4.78 is 11.1. The Morgan fingerprint density at radius 3 is 2.61 bits per heavy atom. The molecule has 2 heterocycles. The quantitative estimate of drug-likeness (QED) is 0.378. The van der Waals surface area contributed by atoms with Crippen LogP contribution in [0.3, 0.4) is 0 Å². The van der Waals surface area contributed by atoms with E-state index in [0.717, 1.165) is 75.4 Å². The number of methoxy groups -OCH3 is 1. The summed E-state index contributed by atoms with van der Waals surface area (Å²) in [6.45, 7) is 10.2. The largest absolute Gasteiger partial charge is 0.493 e. The van der Waals surface area contributed by atoms with Crippen LogP contribution in [0.2, 0.25) is 0 Å². The first-order valence-electron chi connectivity index (χ1n) is 11.2. The van der Waals surface area contributed by atoms with Crippen molar-refractivity contribution in [2.75, 3.05) is 57.9 Å². The molecule has 1 fully saturated rings. The van der Waals surface area contributed by atoms with Gasteiger partial charge in [0.15, 0.2) is 17.5 Å². The third-order valence-electron chi connectivity index (χ3n) is 5.30. The summed E-state index contributed by atoms with van der Waals surface area (Å²) >= 11 is 0. The number of nitrogens with one attached hydrogen (secondary N) is 1. The van der Waals surface area contributed by atoms with Crippen LogP contribution in [0.4, 0.5) is 5.82 Å². The van der Waals surface area contributed by atoms with Gasteiger partial charge >= 0.3 is 0 Å². The van der Waals surface area contributed by atoms with Crippen molar-refractivity contribution in [3.63, 3.8) is 0 Å². The number of aliphatic imine (C=N–C) groups is 1. The Hall–Kier alpha value is -2.96.